The number of aromatic nitrogens is 2. The van der Waals surface area contributed by atoms with E-state index in [1.807, 2.05) is 18.2 Å². The quantitative estimate of drug-likeness (QED) is 0.511. The molecule has 0 N–H and O–H groups in total. The van der Waals surface area contributed by atoms with E-state index in [-0.39, 0.29) is 0 Å². The number of nitrogens with zero attached hydrogens (tertiary/aromatic N) is 2. The van der Waals surface area contributed by atoms with Crippen LogP contribution in [0.4, 0.5) is 0 Å². The van der Waals surface area contributed by atoms with Gasteiger partial charge in [0.05, 0.1) is 18.1 Å². The minimum atomic E-state index is 0.796. The van der Waals surface area contributed by atoms with Crippen molar-refractivity contribution in [1.82, 2.24) is 9.55 Å². The predicted molar refractivity (Wildman–Crippen MR) is 106 cm³/mol. The molecule has 0 fully saturated rings. The van der Waals surface area contributed by atoms with Gasteiger partial charge in [-0.15, -0.1) is 0 Å². The lowest BCUT2D eigenvalue weighted by Crippen LogP contribution is -2.06. The monoisotopic (exact) mass is 342 g/mol. The fraction of sp³-hybridized carbons (Fsp3) is 0.174. The summed E-state index contributed by atoms with van der Waals surface area (Å²) in [5, 5.41) is 0. The molecule has 3 heteroatoms. The van der Waals surface area contributed by atoms with Crippen molar-refractivity contribution >= 4 is 11.0 Å². The molecular formula is C23H22N2O. The van der Waals surface area contributed by atoms with Crippen LogP contribution in [0.25, 0.3) is 11.0 Å². The first-order valence-corrected chi connectivity index (χ1v) is 8.85. The van der Waals surface area contributed by atoms with Crippen molar-refractivity contribution in [3.8, 4) is 5.75 Å². The molecule has 0 amide bonds. The van der Waals surface area contributed by atoms with Crippen LogP contribution in [0.1, 0.15) is 22.5 Å². The van der Waals surface area contributed by atoms with Crippen molar-refractivity contribution < 1.29 is 4.74 Å². The summed E-state index contributed by atoms with van der Waals surface area (Å²) in [7, 11) is 1.69. The highest BCUT2D eigenvalue weighted by molar-refractivity contribution is 5.76. The summed E-state index contributed by atoms with van der Waals surface area (Å²) in [6.07, 6.45) is 0.796. The van der Waals surface area contributed by atoms with Gasteiger partial charge in [-0.05, 0) is 42.3 Å². The highest BCUT2D eigenvalue weighted by Crippen LogP contribution is 2.21. The highest BCUT2D eigenvalue weighted by atomic mass is 16.5. The Balaban J connectivity index is 1.73. The number of hydrogen-bond donors (Lipinski definition) is 0. The first-order chi connectivity index (χ1) is 12.7. The smallest absolute Gasteiger partial charge is 0.118 e. The van der Waals surface area contributed by atoms with Crippen molar-refractivity contribution in [3.63, 3.8) is 0 Å². The highest BCUT2D eigenvalue weighted by Gasteiger charge is 2.12. The van der Waals surface area contributed by atoms with Gasteiger partial charge < -0.3 is 9.30 Å². The standard InChI is InChI=1S/C23H22N2O/c1-17-6-5-7-19(14-17)16-25-22-9-4-3-8-21(22)24-23(25)15-18-10-12-20(26-2)13-11-18/h3-14H,15-16H2,1-2H3. The Morgan fingerprint density at radius 1 is 0.885 bits per heavy atom. The third-order valence-corrected chi connectivity index (χ3v) is 4.68. The first-order valence-electron chi connectivity index (χ1n) is 8.85. The van der Waals surface area contributed by atoms with E-state index in [0.29, 0.717) is 0 Å². The molecule has 0 aliphatic heterocycles. The van der Waals surface area contributed by atoms with Crippen LogP contribution in [0, 0.1) is 6.92 Å². The molecule has 0 aliphatic rings. The maximum atomic E-state index is 5.26. The molecule has 1 heterocycles. The van der Waals surface area contributed by atoms with Gasteiger partial charge >= 0.3 is 0 Å². The number of benzene rings is 3. The Hall–Kier alpha value is -3.07. The van der Waals surface area contributed by atoms with Crippen LogP contribution in [0.2, 0.25) is 0 Å². The number of aryl methyl sites for hydroxylation is 1. The third kappa shape index (κ3) is 3.33. The fourth-order valence-corrected chi connectivity index (χ4v) is 3.36. The zero-order valence-corrected chi connectivity index (χ0v) is 15.1. The second-order valence-corrected chi connectivity index (χ2v) is 6.62. The molecule has 0 aliphatic carbocycles. The lowest BCUT2D eigenvalue weighted by molar-refractivity contribution is 0.414. The molecule has 3 aromatic carbocycles. The molecule has 0 bridgehead atoms. The molecule has 26 heavy (non-hydrogen) atoms. The van der Waals surface area contributed by atoms with Gasteiger partial charge in [-0.3, -0.25) is 0 Å². The Bertz CT molecular complexity index is 1030. The molecule has 1 aromatic heterocycles. The zero-order chi connectivity index (χ0) is 17.9. The molecule has 3 nitrogen and oxygen atoms in total. The van der Waals surface area contributed by atoms with Gasteiger partial charge in [0, 0.05) is 13.0 Å². The van der Waals surface area contributed by atoms with E-state index in [1.54, 1.807) is 7.11 Å². The molecule has 0 atom stereocenters. The minimum Gasteiger partial charge on any atom is -0.497 e. The Kier molecular flexibility index (Phi) is 4.44. The molecule has 130 valence electrons. The van der Waals surface area contributed by atoms with Crippen LogP contribution >= 0.6 is 0 Å². The van der Waals surface area contributed by atoms with E-state index in [1.165, 1.54) is 22.2 Å². The van der Waals surface area contributed by atoms with E-state index >= 15 is 0 Å². The van der Waals surface area contributed by atoms with Crippen LogP contribution in [0.3, 0.4) is 0 Å². The first kappa shape index (κ1) is 16.4. The second-order valence-electron chi connectivity index (χ2n) is 6.62. The van der Waals surface area contributed by atoms with E-state index < -0.39 is 0 Å². The van der Waals surface area contributed by atoms with Crippen LogP contribution in [0.5, 0.6) is 5.75 Å². The number of para-hydroxylation sites is 2. The SMILES string of the molecule is COc1ccc(Cc2nc3ccccc3n2Cc2cccc(C)c2)cc1. The third-order valence-electron chi connectivity index (χ3n) is 4.68. The van der Waals surface area contributed by atoms with Gasteiger partial charge in [0.15, 0.2) is 0 Å². The fourth-order valence-electron chi connectivity index (χ4n) is 3.36. The second kappa shape index (κ2) is 7.04. The number of imidazole rings is 1. The Labute approximate surface area is 153 Å². The summed E-state index contributed by atoms with van der Waals surface area (Å²) < 4.78 is 7.59. The van der Waals surface area contributed by atoms with E-state index in [9.17, 15) is 0 Å². The van der Waals surface area contributed by atoms with E-state index in [2.05, 4.69) is 66.1 Å². The summed E-state index contributed by atoms with van der Waals surface area (Å²) in [6, 6.07) is 25.2. The average molecular weight is 342 g/mol. The van der Waals surface area contributed by atoms with Gasteiger partial charge in [0.2, 0.25) is 0 Å². The number of ether oxygens (including phenoxy) is 1. The molecule has 4 rings (SSSR count). The zero-order valence-electron chi connectivity index (χ0n) is 15.1. The number of rotatable bonds is 5. The average Bonchev–Trinajstić information content (AvgIpc) is 3.00. The summed E-state index contributed by atoms with van der Waals surface area (Å²) in [6.45, 7) is 2.96. The van der Waals surface area contributed by atoms with E-state index in [4.69, 9.17) is 9.72 Å². The Morgan fingerprint density at radius 3 is 2.46 bits per heavy atom. The maximum Gasteiger partial charge on any atom is 0.118 e. The van der Waals surface area contributed by atoms with Gasteiger partial charge in [0.25, 0.3) is 0 Å². The molecule has 0 saturated heterocycles. The van der Waals surface area contributed by atoms with Crippen molar-refractivity contribution in [3.05, 3.63) is 95.3 Å². The van der Waals surface area contributed by atoms with Crippen molar-refractivity contribution in [2.45, 2.75) is 19.9 Å². The largest absolute Gasteiger partial charge is 0.497 e. The minimum absolute atomic E-state index is 0.796. The maximum absolute atomic E-state index is 5.26. The van der Waals surface area contributed by atoms with Crippen LogP contribution in [-0.2, 0) is 13.0 Å². The lowest BCUT2D eigenvalue weighted by atomic mass is 10.1. The van der Waals surface area contributed by atoms with Gasteiger partial charge in [-0.2, -0.15) is 0 Å². The molecule has 0 radical (unpaired) electrons. The lowest BCUT2D eigenvalue weighted by Gasteiger charge is -2.11. The number of methoxy groups -OCH3 is 1. The summed E-state index contributed by atoms with van der Waals surface area (Å²) in [5.74, 6) is 1.96. The topological polar surface area (TPSA) is 27.1 Å². The van der Waals surface area contributed by atoms with Crippen LogP contribution in [-0.4, -0.2) is 16.7 Å². The summed E-state index contributed by atoms with van der Waals surface area (Å²) in [5.41, 5.74) is 6.03. The van der Waals surface area contributed by atoms with Gasteiger partial charge in [-0.1, -0.05) is 54.1 Å². The number of hydrogen-bond acceptors (Lipinski definition) is 2. The van der Waals surface area contributed by atoms with Gasteiger partial charge in [0.1, 0.15) is 11.6 Å². The van der Waals surface area contributed by atoms with Crippen LogP contribution in [0.15, 0.2) is 72.8 Å². The van der Waals surface area contributed by atoms with Crippen molar-refractivity contribution in [2.24, 2.45) is 0 Å². The number of fused-ring (bicyclic) bond motifs is 1. The Morgan fingerprint density at radius 2 is 1.69 bits per heavy atom. The summed E-state index contributed by atoms with van der Waals surface area (Å²) >= 11 is 0. The predicted octanol–water partition coefficient (Wildman–Crippen LogP) is 4.99. The van der Waals surface area contributed by atoms with Crippen molar-refractivity contribution in [2.75, 3.05) is 7.11 Å². The van der Waals surface area contributed by atoms with Crippen molar-refractivity contribution in [1.29, 1.82) is 0 Å². The summed E-state index contributed by atoms with van der Waals surface area (Å²) in [4.78, 5) is 4.90. The van der Waals surface area contributed by atoms with E-state index in [0.717, 1.165) is 30.1 Å². The van der Waals surface area contributed by atoms with Crippen LogP contribution < -0.4 is 4.74 Å². The normalized spacial score (nSPS) is 11.0. The molecule has 4 aromatic rings. The molecular weight excluding hydrogens is 320 g/mol. The molecule has 0 spiro atoms. The molecule has 0 unspecified atom stereocenters. The van der Waals surface area contributed by atoms with Gasteiger partial charge in [-0.25, -0.2) is 4.98 Å². The molecule has 0 saturated carbocycles.